The number of nitrogens with one attached hydrogen (secondary N) is 2. The first-order chi connectivity index (χ1) is 15.3. The summed E-state index contributed by atoms with van der Waals surface area (Å²) in [5, 5.41) is 9.84. The van der Waals surface area contributed by atoms with E-state index in [4.69, 9.17) is 4.74 Å². The van der Waals surface area contributed by atoms with Crippen LogP contribution >= 0.6 is 0 Å². The van der Waals surface area contributed by atoms with Crippen LogP contribution in [0.2, 0.25) is 0 Å². The van der Waals surface area contributed by atoms with E-state index < -0.39 is 11.7 Å². The molecule has 32 heavy (non-hydrogen) atoms. The molecule has 5 rings (SSSR count). The highest BCUT2D eigenvalue weighted by Crippen LogP contribution is 2.48. The van der Waals surface area contributed by atoms with Crippen molar-refractivity contribution in [2.45, 2.75) is 50.5 Å². The molecule has 0 radical (unpaired) electrons. The zero-order valence-corrected chi connectivity index (χ0v) is 18.2. The van der Waals surface area contributed by atoms with Crippen LogP contribution in [-0.2, 0) is 4.74 Å². The molecule has 0 unspecified atom stereocenters. The van der Waals surface area contributed by atoms with E-state index in [1.54, 1.807) is 6.07 Å². The number of aromatic nitrogens is 4. The van der Waals surface area contributed by atoms with E-state index in [0.717, 1.165) is 26.3 Å². The standard InChI is InChI=1S/C21H28F3N7O/c1-12(2)18-26-19(25-16-7-15(28-29-16)13-8-21(23,24)9-13)17(22)20(27-18)31-5-3-30(4-6-31)14-10-32-11-14/h7,12-14H,3-6,8-11H2,1-2H3,(H2,25,26,27,28,29). The van der Waals surface area contributed by atoms with Gasteiger partial charge in [-0.3, -0.25) is 10.00 Å². The van der Waals surface area contributed by atoms with E-state index in [9.17, 15) is 8.78 Å². The highest BCUT2D eigenvalue weighted by molar-refractivity contribution is 5.59. The van der Waals surface area contributed by atoms with Gasteiger partial charge in [-0.15, -0.1) is 0 Å². The first-order valence-electron chi connectivity index (χ1n) is 11.1. The van der Waals surface area contributed by atoms with Crippen molar-refractivity contribution in [3.8, 4) is 0 Å². The Bertz CT molecular complexity index is 962. The fourth-order valence-electron chi connectivity index (χ4n) is 4.35. The number of aromatic amines is 1. The molecule has 2 saturated heterocycles. The lowest BCUT2D eigenvalue weighted by Gasteiger charge is -2.43. The Labute approximate surface area is 184 Å². The van der Waals surface area contributed by atoms with Crippen LogP contribution in [0.25, 0.3) is 0 Å². The lowest BCUT2D eigenvalue weighted by atomic mass is 9.79. The lowest BCUT2D eigenvalue weighted by molar-refractivity contribution is -0.0876. The number of hydrogen-bond donors (Lipinski definition) is 2. The summed E-state index contributed by atoms with van der Waals surface area (Å²) >= 11 is 0. The van der Waals surface area contributed by atoms with Crippen LogP contribution in [0.15, 0.2) is 6.07 Å². The second kappa shape index (κ2) is 8.18. The summed E-state index contributed by atoms with van der Waals surface area (Å²) < 4.78 is 47.1. The molecule has 1 saturated carbocycles. The third-order valence-electron chi connectivity index (χ3n) is 6.49. The third-order valence-corrected chi connectivity index (χ3v) is 6.49. The number of piperazine rings is 1. The maximum atomic E-state index is 15.5. The molecule has 1 aliphatic carbocycles. The molecule has 2 aromatic heterocycles. The SMILES string of the molecule is CC(C)c1nc(Nc2cc(C3CC(F)(F)C3)[nH]n2)c(F)c(N2CCN(C3COC3)CC2)n1. The topological polar surface area (TPSA) is 82.2 Å². The molecule has 0 bridgehead atoms. The maximum Gasteiger partial charge on any atom is 0.249 e. The van der Waals surface area contributed by atoms with E-state index >= 15 is 4.39 Å². The summed E-state index contributed by atoms with van der Waals surface area (Å²) in [6, 6.07) is 2.11. The summed E-state index contributed by atoms with van der Waals surface area (Å²) in [6.45, 7) is 8.43. The average molecular weight is 451 g/mol. The predicted octanol–water partition coefficient (Wildman–Crippen LogP) is 3.24. The smallest absolute Gasteiger partial charge is 0.249 e. The Balaban J connectivity index is 1.33. The quantitative estimate of drug-likeness (QED) is 0.698. The van der Waals surface area contributed by atoms with E-state index in [1.807, 2.05) is 18.7 Å². The van der Waals surface area contributed by atoms with Crippen molar-refractivity contribution in [3.63, 3.8) is 0 Å². The minimum Gasteiger partial charge on any atom is -0.378 e. The van der Waals surface area contributed by atoms with Crippen molar-refractivity contribution in [2.75, 3.05) is 49.6 Å². The van der Waals surface area contributed by atoms with Crippen molar-refractivity contribution in [2.24, 2.45) is 0 Å². The minimum absolute atomic E-state index is 0.00951. The Hall–Kier alpha value is -2.40. The number of anilines is 3. The van der Waals surface area contributed by atoms with E-state index in [2.05, 4.69) is 30.4 Å². The van der Waals surface area contributed by atoms with Gasteiger partial charge in [-0.1, -0.05) is 13.8 Å². The molecule has 11 heteroatoms. The number of rotatable bonds is 6. The predicted molar refractivity (Wildman–Crippen MR) is 113 cm³/mol. The summed E-state index contributed by atoms with van der Waals surface area (Å²) in [5.41, 5.74) is 0.619. The molecule has 2 N–H and O–H groups in total. The Morgan fingerprint density at radius 3 is 2.47 bits per heavy atom. The van der Waals surface area contributed by atoms with Crippen LogP contribution < -0.4 is 10.2 Å². The van der Waals surface area contributed by atoms with Crippen molar-refractivity contribution in [1.82, 2.24) is 25.1 Å². The largest absolute Gasteiger partial charge is 0.378 e. The summed E-state index contributed by atoms with van der Waals surface area (Å²) in [6.07, 6.45) is -0.395. The van der Waals surface area contributed by atoms with E-state index in [-0.39, 0.29) is 36.3 Å². The third kappa shape index (κ3) is 4.15. The molecule has 0 atom stereocenters. The van der Waals surface area contributed by atoms with Crippen LogP contribution in [-0.4, -0.2) is 76.4 Å². The van der Waals surface area contributed by atoms with Gasteiger partial charge in [0.05, 0.1) is 19.3 Å². The number of H-pyrrole nitrogens is 1. The molecule has 174 valence electrons. The number of halogens is 3. The van der Waals surface area contributed by atoms with Crippen molar-refractivity contribution in [1.29, 1.82) is 0 Å². The molecule has 3 fully saturated rings. The fraction of sp³-hybridized carbons (Fsp3) is 0.667. The van der Waals surface area contributed by atoms with Crippen LogP contribution in [0.3, 0.4) is 0 Å². The Morgan fingerprint density at radius 1 is 1.16 bits per heavy atom. The van der Waals surface area contributed by atoms with Crippen molar-refractivity contribution in [3.05, 3.63) is 23.4 Å². The van der Waals surface area contributed by atoms with Gasteiger partial charge >= 0.3 is 0 Å². The fourth-order valence-corrected chi connectivity index (χ4v) is 4.35. The van der Waals surface area contributed by atoms with Gasteiger partial charge in [0.15, 0.2) is 17.5 Å². The second-order valence-corrected chi connectivity index (χ2v) is 9.23. The molecule has 0 aromatic carbocycles. The van der Waals surface area contributed by atoms with Gasteiger partial charge in [0.25, 0.3) is 0 Å². The molecule has 2 aromatic rings. The van der Waals surface area contributed by atoms with Gasteiger partial charge in [0.1, 0.15) is 5.82 Å². The second-order valence-electron chi connectivity index (χ2n) is 9.23. The monoisotopic (exact) mass is 451 g/mol. The number of hydrogen-bond acceptors (Lipinski definition) is 7. The first-order valence-corrected chi connectivity index (χ1v) is 11.1. The molecule has 8 nitrogen and oxygen atoms in total. The summed E-state index contributed by atoms with van der Waals surface area (Å²) in [4.78, 5) is 13.2. The van der Waals surface area contributed by atoms with Crippen LogP contribution in [0.1, 0.15) is 50.0 Å². The van der Waals surface area contributed by atoms with E-state index in [1.165, 1.54) is 0 Å². The highest BCUT2D eigenvalue weighted by atomic mass is 19.3. The number of ether oxygens (including phenoxy) is 1. The molecular weight excluding hydrogens is 423 g/mol. The minimum atomic E-state index is -2.61. The maximum absolute atomic E-state index is 15.5. The van der Waals surface area contributed by atoms with Gasteiger partial charge in [-0.2, -0.15) is 9.49 Å². The molecular formula is C21H28F3N7O. The van der Waals surface area contributed by atoms with Crippen LogP contribution in [0, 0.1) is 5.82 Å². The highest BCUT2D eigenvalue weighted by Gasteiger charge is 2.46. The number of alkyl halides is 2. The Kier molecular flexibility index (Phi) is 5.48. The van der Waals surface area contributed by atoms with E-state index in [0.29, 0.717) is 36.5 Å². The molecule has 3 aliphatic rings. The zero-order valence-electron chi connectivity index (χ0n) is 18.2. The van der Waals surface area contributed by atoms with Gasteiger partial charge in [0, 0.05) is 62.6 Å². The molecule has 0 amide bonds. The molecule has 4 heterocycles. The first kappa shape index (κ1) is 21.4. The van der Waals surface area contributed by atoms with Crippen LogP contribution in [0.5, 0.6) is 0 Å². The summed E-state index contributed by atoms with van der Waals surface area (Å²) in [7, 11) is 0. The average Bonchev–Trinajstić information content (AvgIpc) is 3.15. The Morgan fingerprint density at radius 2 is 1.88 bits per heavy atom. The molecule has 2 aliphatic heterocycles. The van der Waals surface area contributed by atoms with Crippen LogP contribution in [0.4, 0.5) is 30.6 Å². The summed E-state index contributed by atoms with van der Waals surface area (Å²) in [5.74, 6) is -2.18. The normalized spacial score (nSPS) is 22.1. The number of nitrogens with zero attached hydrogens (tertiary/aromatic N) is 5. The van der Waals surface area contributed by atoms with Gasteiger partial charge in [-0.05, 0) is 0 Å². The van der Waals surface area contributed by atoms with Gasteiger partial charge < -0.3 is 15.0 Å². The zero-order chi connectivity index (χ0) is 22.5. The van der Waals surface area contributed by atoms with Gasteiger partial charge in [0.2, 0.25) is 11.7 Å². The molecule has 0 spiro atoms. The van der Waals surface area contributed by atoms with Gasteiger partial charge in [-0.25, -0.2) is 18.7 Å². The lowest BCUT2D eigenvalue weighted by Crippen LogP contribution is -2.56. The van der Waals surface area contributed by atoms with Crippen molar-refractivity contribution < 1.29 is 17.9 Å². The van der Waals surface area contributed by atoms with Crippen molar-refractivity contribution >= 4 is 17.5 Å².